The molecule has 0 radical (unpaired) electrons. The summed E-state index contributed by atoms with van der Waals surface area (Å²) in [5.74, 6) is -0.0148. The maximum atomic E-state index is 12.7. The van der Waals surface area contributed by atoms with Crippen molar-refractivity contribution >= 4 is 23.3 Å². The van der Waals surface area contributed by atoms with Gasteiger partial charge in [-0.25, -0.2) is 9.31 Å². The number of nitrogens with zero attached hydrogens (tertiary/aromatic N) is 4. The van der Waals surface area contributed by atoms with E-state index in [1.807, 2.05) is 0 Å². The number of halogens is 1. The van der Waals surface area contributed by atoms with Crippen LogP contribution in [0.4, 0.5) is 5.82 Å². The monoisotopic (exact) mass is 423 g/mol. The highest BCUT2D eigenvalue weighted by atomic mass is 35.5. The smallest absolute Gasteiger partial charge is 0.281 e. The first kappa shape index (κ1) is 19.3. The first-order chi connectivity index (χ1) is 14.5. The Balaban J connectivity index is 1.62. The summed E-state index contributed by atoms with van der Waals surface area (Å²) in [5, 5.41) is 14.8. The number of amides is 1. The molecule has 2 aromatic carbocycles. The number of hydrogen-bond donors (Lipinski definition) is 1. The predicted octanol–water partition coefficient (Wildman–Crippen LogP) is 3.20. The summed E-state index contributed by atoms with van der Waals surface area (Å²) >= 11 is 5.90. The van der Waals surface area contributed by atoms with Crippen LogP contribution in [0.15, 0.2) is 70.2 Å². The van der Waals surface area contributed by atoms with Crippen LogP contribution >= 0.6 is 11.6 Å². The second-order valence-electron chi connectivity index (χ2n) is 6.09. The number of benzene rings is 2. The average Bonchev–Trinajstić information content (AvgIpc) is 3.22. The molecule has 0 bridgehead atoms. The summed E-state index contributed by atoms with van der Waals surface area (Å²) < 4.78 is 11.3. The van der Waals surface area contributed by atoms with Crippen LogP contribution in [0, 0.1) is 0 Å². The van der Waals surface area contributed by atoms with Gasteiger partial charge in [0.25, 0.3) is 5.91 Å². The average molecular weight is 424 g/mol. The lowest BCUT2D eigenvalue weighted by molar-refractivity contribution is 0.101. The van der Waals surface area contributed by atoms with Crippen molar-refractivity contribution in [2.45, 2.75) is 0 Å². The van der Waals surface area contributed by atoms with E-state index in [1.165, 1.54) is 16.9 Å². The zero-order valence-electron chi connectivity index (χ0n) is 15.6. The molecule has 4 rings (SSSR count). The van der Waals surface area contributed by atoms with Crippen molar-refractivity contribution in [3.8, 4) is 22.7 Å². The molecule has 0 aliphatic carbocycles. The zero-order chi connectivity index (χ0) is 21.1. The number of anilines is 1. The van der Waals surface area contributed by atoms with E-state index in [1.54, 1.807) is 55.6 Å². The van der Waals surface area contributed by atoms with Crippen molar-refractivity contribution in [3.05, 3.63) is 81.7 Å². The summed E-state index contributed by atoms with van der Waals surface area (Å²) in [6.45, 7) is 0. The van der Waals surface area contributed by atoms with E-state index in [2.05, 4.69) is 20.7 Å². The summed E-state index contributed by atoms with van der Waals surface area (Å²) in [4.78, 5) is 24.9. The number of hydrogen-bond acceptors (Lipinski definition) is 7. The van der Waals surface area contributed by atoms with Crippen molar-refractivity contribution in [2.24, 2.45) is 0 Å². The number of ether oxygens (including phenoxy) is 1. The van der Waals surface area contributed by atoms with Crippen molar-refractivity contribution in [3.63, 3.8) is 0 Å². The number of methoxy groups -OCH3 is 1. The SMILES string of the molecule is COc1ccc(-c2nonc2NC(=O)c2nn(-c3ccc(Cl)cc3)ccc2=O)cc1. The first-order valence-electron chi connectivity index (χ1n) is 8.69. The fraction of sp³-hybridized carbons (Fsp3) is 0.0500. The molecule has 0 saturated carbocycles. The molecule has 0 atom stereocenters. The Bertz CT molecular complexity index is 1250. The Hall–Kier alpha value is -3.98. The van der Waals surface area contributed by atoms with Gasteiger partial charge in [-0.1, -0.05) is 11.6 Å². The lowest BCUT2D eigenvalue weighted by atomic mass is 10.1. The lowest BCUT2D eigenvalue weighted by Gasteiger charge is -2.07. The van der Waals surface area contributed by atoms with Crippen LogP contribution in [0.2, 0.25) is 5.02 Å². The fourth-order valence-corrected chi connectivity index (χ4v) is 2.80. The zero-order valence-corrected chi connectivity index (χ0v) is 16.3. The number of aromatic nitrogens is 4. The van der Waals surface area contributed by atoms with Gasteiger partial charge in [-0.2, -0.15) is 5.10 Å². The molecule has 9 nitrogen and oxygen atoms in total. The molecule has 150 valence electrons. The van der Waals surface area contributed by atoms with Gasteiger partial charge in [0.05, 0.1) is 12.8 Å². The van der Waals surface area contributed by atoms with Crippen LogP contribution in [-0.2, 0) is 0 Å². The minimum Gasteiger partial charge on any atom is -0.497 e. The molecule has 0 spiro atoms. The molecule has 0 saturated heterocycles. The van der Waals surface area contributed by atoms with Gasteiger partial charge in [0, 0.05) is 22.8 Å². The number of carbonyl (C=O) groups is 1. The third-order valence-electron chi connectivity index (χ3n) is 4.20. The quantitative estimate of drug-likeness (QED) is 0.524. The first-order valence-corrected chi connectivity index (χ1v) is 9.07. The predicted molar refractivity (Wildman–Crippen MR) is 109 cm³/mol. The van der Waals surface area contributed by atoms with Crippen LogP contribution in [-0.4, -0.2) is 33.1 Å². The molecular weight excluding hydrogens is 410 g/mol. The van der Waals surface area contributed by atoms with Gasteiger partial charge < -0.3 is 10.1 Å². The molecule has 2 aromatic heterocycles. The Morgan fingerprint density at radius 2 is 1.80 bits per heavy atom. The van der Waals surface area contributed by atoms with Crippen LogP contribution in [0.3, 0.4) is 0 Å². The number of nitrogens with one attached hydrogen (secondary N) is 1. The van der Waals surface area contributed by atoms with Crippen LogP contribution in [0.5, 0.6) is 5.75 Å². The summed E-state index contributed by atoms with van der Waals surface area (Å²) in [7, 11) is 1.56. The molecule has 30 heavy (non-hydrogen) atoms. The van der Waals surface area contributed by atoms with E-state index in [-0.39, 0.29) is 11.5 Å². The van der Waals surface area contributed by atoms with Gasteiger partial charge >= 0.3 is 0 Å². The second-order valence-corrected chi connectivity index (χ2v) is 6.53. The fourth-order valence-electron chi connectivity index (χ4n) is 2.68. The highest BCUT2D eigenvalue weighted by molar-refractivity contribution is 6.30. The Kier molecular flexibility index (Phi) is 5.27. The van der Waals surface area contributed by atoms with Crippen molar-refractivity contribution < 1.29 is 14.2 Å². The molecule has 1 amide bonds. The Morgan fingerprint density at radius 3 is 2.50 bits per heavy atom. The molecule has 0 unspecified atom stereocenters. The lowest BCUT2D eigenvalue weighted by Crippen LogP contribution is -2.25. The third-order valence-corrected chi connectivity index (χ3v) is 4.45. The minimum atomic E-state index is -0.742. The van der Waals surface area contributed by atoms with Crippen molar-refractivity contribution in [1.29, 1.82) is 0 Å². The maximum Gasteiger partial charge on any atom is 0.281 e. The normalized spacial score (nSPS) is 10.6. The van der Waals surface area contributed by atoms with E-state index in [4.69, 9.17) is 21.0 Å². The summed E-state index contributed by atoms with van der Waals surface area (Å²) in [6, 6.07) is 15.0. The molecule has 1 N–H and O–H groups in total. The molecule has 0 aliphatic rings. The molecule has 0 aliphatic heterocycles. The highest BCUT2D eigenvalue weighted by Gasteiger charge is 2.19. The Labute approximate surface area is 174 Å². The number of rotatable bonds is 5. The number of carbonyl (C=O) groups excluding carboxylic acids is 1. The second kappa shape index (κ2) is 8.18. The molecule has 2 heterocycles. The molecule has 4 aromatic rings. The van der Waals surface area contributed by atoms with E-state index >= 15 is 0 Å². The standard InChI is InChI=1S/C20H14ClN5O4/c1-29-15-8-2-12(3-9-15)17-19(25-30-24-17)22-20(28)18-16(27)10-11-26(23-18)14-6-4-13(21)5-7-14/h2-11H,1H3,(H,22,25,28). The van der Waals surface area contributed by atoms with Gasteiger partial charge in [0.2, 0.25) is 11.2 Å². The van der Waals surface area contributed by atoms with Gasteiger partial charge in [0.15, 0.2) is 11.4 Å². The largest absolute Gasteiger partial charge is 0.497 e. The summed E-state index contributed by atoms with van der Waals surface area (Å²) in [6.07, 6.45) is 1.46. The Morgan fingerprint density at radius 1 is 1.07 bits per heavy atom. The molecule has 10 heteroatoms. The van der Waals surface area contributed by atoms with Crippen LogP contribution in [0.1, 0.15) is 10.5 Å². The van der Waals surface area contributed by atoms with Crippen molar-refractivity contribution in [2.75, 3.05) is 12.4 Å². The van der Waals surface area contributed by atoms with E-state index in [0.29, 0.717) is 27.7 Å². The van der Waals surface area contributed by atoms with E-state index in [9.17, 15) is 9.59 Å². The molecular formula is C20H14ClN5O4. The van der Waals surface area contributed by atoms with Crippen LogP contribution in [0.25, 0.3) is 16.9 Å². The van der Waals surface area contributed by atoms with E-state index in [0.717, 1.165) is 0 Å². The maximum absolute atomic E-state index is 12.7. The van der Waals surface area contributed by atoms with Gasteiger partial charge in [0.1, 0.15) is 5.75 Å². The van der Waals surface area contributed by atoms with E-state index < -0.39 is 11.3 Å². The van der Waals surface area contributed by atoms with Crippen molar-refractivity contribution in [1.82, 2.24) is 20.1 Å². The minimum absolute atomic E-state index is 0.0632. The van der Waals surface area contributed by atoms with Gasteiger partial charge in [-0.3, -0.25) is 9.59 Å². The van der Waals surface area contributed by atoms with Gasteiger partial charge in [-0.05, 0) is 58.8 Å². The van der Waals surface area contributed by atoms with Crippen LogP contribution < -0.4 is 15.5 Å². The molecule has 0 fully saturated rings. The van der Waals surface area contributed by atoms with Gasteiger partial charge in [-0.15, -0.1) is 0 Å². The highest BCUT2D eigenvalue weighted by Crippen LogP contribution is 2.26. The third kappa shape index (κ3) is 3.91. The topological polar surface area (TPSA) is 112 Å². The summed E-state index contributed by atoms with van der Waals surface area (Å²) in [5.41, 5.74) is 0.735.